The van der Waals surface area contributed by atoms with Crippen molar-refractivity contribution >= 4 is 5.91 Å². The lowest BCUT2D eigenvalue weighted by Gasteiger charge is -2.25. The van der Waals surface area contributed by atoms with E-state index in [1.54, 1.807) is 0 Å². The highest BCUT2D eigenvalue weighted by atomic mass is 16.1. The van der Waals surface area contributed by atoms with Crippen molar-refractivity contribution in [3.05, 3.63) is 0 Å². The summed E-state index contributed by atoms with van der Waals surface area (Å²) in [5.41, 5.74) is 4.96. The monoisotopic (exact) mass is 201 g/mol. The molecule has 0 rings (SSSR count). The molecule has 1 amide bonds. The third-order valence-electron chi connectivity index (χ3n) is 2.00. The fourth-order valence-corrected chi connectivity index (χ4v) is 1.32. The van der Waals surface area contributed by atoms with E-state index in [1.807, 2.05) is 13.8 Å². The number of rotatable bonds is 7. The van der Waals surface area contributed by atoms with Crippen molar-refractivity contribution in [2.45, 2.75) is 32.2 Å². The SMILES string of the molecule is CN(C)CCCNC(C)(C)CC(N)=O. The van der Waals surface area contributed by atoms with Gasteiger partial charge in [-0.25, -0.2) is 0 Å². The lowest BCUT2D eigenvalue weighted by molar-refractivity contribution is -0.119. The molecule has 0 bridgehead atoms. The highest BCUT2D eigenvalue weighted by Crippen LogP contribution is 2.06. The van der Waals surface area contributed by atoms with Crippen LogP contribution in [0, 0.1) is 0 Å². The van der Waals surface area contributed by atoms with Gasteiger partial charge in [-0.1, -0.05) is 0 Å². The molecule has 84 valence electrons. The molecule has 0 aliphatic heterocycles. The Kier molecular flexibility index (Phi) is 5.72. The Morgan fingerprint density at radius 1 is 1.43 bits per heavy atom. The lowest BCUT2D eigenvalue weighted by Crippen LogP contribution is -2.43. The smallest absolute Gasteiger partial charge is 0.219 e. The zero-order chi connectivity index (χ0) is 11.2. The van der Waals surface area contributed by atoms with Gasteiger partial charge in [0, 0.05) is 12.0 Å². The van der Waals surface area contributed by atoms with Crippen LogP contribution in [0.4, 0.5) is 0 Å². The van der Waals surface area contributed by atoms with Gasteiger partial charge in [0.25, 0.3) is 0 Å². The molecule has 0 aromatic rings. The Morgan fingerprint density at radius 3 is 2.43 bits per heavy atom. The number of hydrogen-bond donors (Lipinski definition) is 2. The van der Waals surface area contributed by atoms with Gasteiger partial charge in [0.15, 0.2) is 0 Å². The molecule has 0 fully saturated rings. The van der Waals surface area contributed by atoms with Gasteiger partial charge >= 0.3 is 0 Å². The number of nitrogens with one attached hydrogen (secondary N) is 1. The van der Waals surface area contributed by atoms with Gasteiger partial charge in [0.2, 0.25) is 5.91 Å². The first-order chi connectivity index (χ1) is 6.33. The van der Waals surface area contributed by atoms with E-state index in [4.69, 9.17) is 5.73 Å². The molecule has 3 N–H and O–H groups in total. The predicted octanol–water partition coefficient (Wildman–Crippen LogP) is 0.182. The maximum absolute atomic E-state index is 10.7. The van der Waals surface area contributed by atoms with Crippen LogP contribution >= 0.6 is 0 Å². The average molecular weight is 201 g/mol. The first kappa shape index (κ1) is 13.4. The highest BCUT2D eigenvalue weighted by molar-refractivity contribution is 5.74. The molecule has 0 atom stereocenters. The Bertz CT molecular complexity index is 178. The van der Waals surface area contributed by atoms with Crippen molar-refractivity contribution in [3.63, 3.8) is 0 Å². The fraction of sp³-hybridized carbons (Fsp3) is 0.900. The van der Waals surface area contributed by atoms with Crippen molar-refractivity contribution in [2.24, 2.45) is 5.73 Å². The second kappa shape index (κ2) is 5.98. The zero-order valence-electron chi connectivity index (χ0n) is 9.76. The highest BCUT2D eigenvalue weighted by Gasteiger charge is 2.18. The summed E-state index contributed by atoms with van der Waals surface area (Å²) in [5, 5.41) is 3.32. The number of carbonyl (C=O) groups is 1. The Labute approximate surface area is 86.8 Å². The first-order valence-corrected chi connectivity index (χ1v) is 5.01. The molecule has 0 aliphatic rings. The number of nitrogens with two attached hydrogens (primary N) is 1. The number of amides is 1. The minimum atomic E-state index is -0.255. The summed E-state index contributed by atoms with van der Waals surface area (Å²) in [5.74, 6) is -0.255. The summed E-state index contributed by atoms with van der Waals surface area (Å²) in [4.78, 5) is 12.9. The van der Waals surface area contributed by atoms with E-state index in [1.165, 1.54) is 0 Å². The molecule has 0 unspecified atom stereocenters. The fourth-order valence-electron chi connectivity index (χ4n) is 1.32. The molecule has 14 heavy (non-hydrogen) atoms. The quantitative estimate of drug-likeness (QED) is 0.578. The molecule has 4 heteroatoms. The minimum Gasteiger partial charge on any atom is -0.370 e. The van der Waals surface area contributed by atoms with Crippen LogP contribution in [-0.4, -0.2) is 43.5 Å². The maximum Gasteiger partial charge on any atom is 0.219 e. The predicted molar refractivity (Wildman–Crippen MR) is 59.1 cm³/mol. The molecule has 0 saturated heterocycles. The average Bonchev–Trinajstić information content (AvgIpc) is 1.95. The van der Waals surface area contributed by atoms with Crippen molar-refractivity contribution in [3.8, 4) is 0 Å². The molecular formula is C10H23N3O. The van der Waals surface area contributed by atoms with Gasteiger partial charge in [-0.15, -0.1) is 0 Å². The summed E-state index contributed by atoms with van der Waals surface area (Å²) in [6.45, 7) is 5.96. The van der Waals surface area contributed by atoms with Gasteiger partial charge in [-0.05, 0) is 47.5 Å². The van der Waals surface area contributed by atoms with Crippen LogP contribution in [-0.2, 0) is 4.79 Å². The van der Waals surface area contributed by atoms with Crippen LogP contribution in [0.25, 0.3) is 0 Å². The van der Waals surface area contributed by atoms with Crippen molar-refractivity contribution in [2.75, 3.05) is 27.2 Å². The van der Waals surface area contributed by atoms with Gasteiger partial charge in [-0.2, -0.15) is 0 Å². The summed E-state index contributed by atoms with van der Waals surface area (Å²) in [6, 6.07) is 0. The normalized spacial score (nSPS) is 12.1. The summed E-state index contributed by atoms with van der Waals surface area (Å²) in [6.07, 6.45) is 1.46. The van der Waals surface area contributed by atoms with Gasteiger partial charge in [0.05, 0.1) is 0 Å². The topological polar surface area (TPSA) is 58.4 Å². The maximum atomic E-state index is 10.7. The molecule has 0 radical (unpaired) electrons. The zero-order valence-corrected chi connectivity index (χ0v) is 9.76. The van der Waals surface area contributed by atoms with E-state index in [9.17, 15) is 4.79 Å². The summed E-state index contributed by atoms with van der Waals surface area (Å²) in [7, 11) is 4.10. The van der Waals surface area contributed by atoms with Crippen LogP contribution in [0.3, 0.4) is 0 Å². The number of nitrogens with zero attached hydrogens (tertiary/aromatic N) is 1. The third kappa shape index (κ3) is 8.01. The number of primary amides is 1. The van der Waals surface area contributed by atoms with E-state index in [0.717, 1.165) is 19.5 Å². The van der Waals surface area contributed by atoms with Crippen LogP contribution < -0.4 is 11.1 Å². The standard InChI is InChI=1S/C10H23N3O/c1-10(2,8-9(11)14)12-6-5-7-13(3)4/h12H,5-8H2,1-4H3,(H2,11,14). The third-order valence-corrected chi connectivity index (χ3v) is 2.00. The second-order valence-corrected chi connectivity index (χ2v) is 4.61. The molecule has 0 aromatic heterocycles. The van der Waals surface area contributed by atoms with Gasteiger partial charge < -0.3 is 16.0 Å². The first-order valence-electron chi connectivity index (χ1n) is 5.01. The Morgan fingerprint density at radius 2 is 2.00 bits per heavy atom. The molecule has 0 aromatic carbocycles. The Hall–Kier alpha value is -0.610. The van der Waals surface area contributed by atoms with Gasteiger partial charge in [-0.3, -0.25) is 4.79 Å². The van der Waals surface area contributed by atoms with Crippen molar-refractivity contribution in [1.82, 2.24) is 10.2 Å². The van der Waals surface area contributed by atoms with Gasteiger partial charge in [0.1, 0.15) is 0 Å². The van der Waals surface area contributed by atoms with E-state index in [0.29, 0.717) is 6.42 Å². The number of carbonyl (C=O) groups excluding carboxylic acids is 1. The summed E-state index contributed by atoms with van der Waals surface area (Å²) < 4.78 is 0. The molecule has 0 aliphatic carbocycles. The van der Waals surface area contributed by atoms with E-state index in [2.05, 4.69) is 24.3 Å². The Balaban J connectivity index is 3.60. The van der Waals surface area contributed by atoms with E-state index < -0.39 is 0 Å². The van der Waals surface area contributed by atoms with Crippen LogP contribution in [0.1, 0.15) is 26.7 Å². The molecular weight excluding hydrogens is 178 g/mol. The lowest BCUT2D eigenvalue weighted by atomic mass is 10.0. The van der Waals surface area contributed by atoms with E-state index >= 15 is 0 Å². The van der Waals surface area contributed by atoms with Crippen molar-refractivity contribution < 1.29 is 4.79 Å². The molecule has 0 saturated carbocycles. The second-order valence-electron chi connectivity index (χ2n) is 4.61. The van der Waals surface area contributed by atoms with E-state index in [-0.39, 0.29) is 11.4 Å². The van der Waals surface area contributed by atoms with Crippen LogP contribution in [0.2, 0.25) is 0 Å². The van der Waals surface area contributed by atoms with Crippen molar-refractivity contribution in [1.29, 1.82) is 0 Å². The largest absolute Gasteiger partial charge is 0.370 e. The summed E-state index contributed by atoms with van der Waals surface area (Å²) >= 11 is 0. The number of hydrogen-bond acceptors (Lipinski definition) is 3. The minimum absolute atomic E-state index is 0.182. The molecule has 0 spiro atoms. The molecule has 0 heterocycles. The van der Waals surface area contributed by atoms with Crippen LogP contribution in [0.5, 0.6) is 0 Å². The molecule has 4 nitrogen and oxygen atoms in total. The van der Waals surface area contributed by atoms with Crippen LogP contribution in [0.15, 0.2) is 0 Å².